The van der Waals surface area contributed by atoms with Crippen LogP contribution in [0, 0.1) is 3.70 Å². The van der Waals surface area contributed by atoms with Crippen molar-refractivity contribution in [2.45, 2.75) is 0 Å². The van der Waals surface area contributed by atoms with Gasteiger partial charge in [-0.25, -0.2) is 0 Å². The van der Waals surface area contributed by atoms with Crippen molar-refractivity contribution in [3.05, 3.63) is 36.3 Å². The summed E-state index contributed by atoms with van der Waals surface area (Å²) >= 11 is 6.98. The van der Waals surface area contributed by atoms with Crippen LogP contribution in [0.15, 0.2) is 21.4 Å². The van der Waals surface area contributed by atoms with Crippen molar-refractivity contribution in [1.29, 1.82) is 0 Å². The fourth-order valence-electron chi connectivity index (χ4n) is 1.16. The number of thiophene rings is 1. The van der Waals surface area contributed by atoms with Crippen LogP contribution in [-0.4, -0.2) is 15.6 Å². The first kappa shape index (κ1) is 11.3. The van der Waals surface area contributed by atoms with Crippen molar-refractivity contribution in [2.24, 2.45) is 7.05 Å². The molecule has 15 heavy (non-hydrogen) atoms. The first-order valence-corrected chi connectivity index (χ1v) is 6.86. The van der Waals surface area contributed by atoms with Gasteiger partial charge in [0.05, 0.1) is 11.8 Å². The Hall–Kier alpha value is -0.210. The Morgan fingerprint density at radius 3 is 2.73 bits per heavy atom. The minimum atomic E-state index is 0.0145. The molecule has 0 aliphatic rings. The largest absolute Gasteiger partial charge is 0.288 e. The normalized spacial score (nSPS) is 10.6. The molecule has 0 bridgehead atoms. The highest BCUT2D eigenvalue weighted by molar-refractivity contribution is 14.1. The van der Waals surface area contributed by atoms with Crippen LogP contribution < -0.4 is 0 Å². The Bertz CT molecular complexity index is 520. The summed E-state index contributed by atoms with van der Waals surface area (Å²) in [7, 11) is 1.82. The predicted octanol–water partition coefficient (Wildman–Crippen LogP) is 3.08. The summed E-state index contributed by atoms with van der Waals surface area (Å²) in [6, 6.07) is 0. The lowest BCUT2D eigenvalue weighted by Gasteiger charge is -1.97. The minimum Gasteiger partial charge on any atom is -0.288 e. The fourth-order valence-corrected chi connectivity index (χ4v) is 3.13. The lowest BCUT2D eigenvalue weighted by atomic mass is 10.1. The molecular weight excluding hydrogens is 391 g/mol. The van der Waals surface area contributed by atoms with E-state index in [4.69, 9.17) is 0 Å². The van der Waals surface area contributed by atoms with Gasteiger partial charge in [0.25, 0.3) is 0 Å². The van der Waals surface area contributed by atoms with Crippen LogP contribution in [0.5, 0.6) is 0 Å². The van der Waals surface area contributed by atoms with Crippen molar-refractivity contribution < 1.29 is 4.79 Å². The molecule has 0 amide bonds. The van der Waals surface area contributed by atoms with E-state index in [0.717, 1.165) is 8.17 Å². The van der Waals surface area contributed by atoms with Crippen molar-refractivity contribution in [3.63, 3.8) is 0 Å². The van der Waals surface area contributed by atoms with Gasteiger partial charge in [-0.3, -0.25) is 9.48 Å². The van der Waals surface area contributed by atoms with Crippen LogP contribution in [0.1, 0.15) is 15.9 Å². The number of rotatable bonds is 2. The second-order valence-electron chi connectivity index (χ2n) is 2.94. The van der Waals surface area contributed by atoms with Crippen LogP contribution in [0.3, 0.4) is 0 Å². The maximum atomic E-state index is 12.1. The molecular formula is C9H6BrIN2OS. The third-order valence-electron chi connectivity index (χ3n) is 1.97. The summed E-state index contributed by atoms with van der Waals surface area (Å²) in [5.41, 5.74) is 1.35. The average molecular weight is 397 g/mol. The maximum absolute atomic E-state index is 12.1. The topological polar surface area (TPSA) is 34.9 Å². The van der Waals surface area contributed by atoms with Crippen LogP contribution >= 0.6 is 49.9 Å². The van der Waals surface area contributed by atoms with E-state index in [1.807, 2.05) is 17.8 Å². The molecule has 0 aliphatic carbocycles. The summed E-state index contributed by atoms with van der Waals surface area (Å²) in [5.74, 6) is 0.0145. The van der Waals surface area contributed by atoms with Crippen molar-refractivity contribution in [2.75, 3.05) is 0 Å². The first-order valence-electron chi connectivity index (χ1n) is 4.05. The van der Waals surface area contributed by atoms with E-state index in [2.05, 4.69) is 43.6 Å². The highest BCUT2D eigenvalue weighted by Gasteiger charge is 2.18. The molecule has 78 valence electrons. The standard InChI is InChI=1S/C9H6BrIN2OS/c1-13-9(11)5(2-12-13)8(14)6-3-15-4-7(6)10/h2-4H,1H3. The number of carbonyl (C=O) groups is 1. The van der Waals surface area contributed by atoms with E-state index in [-0.39, 0.29) is 5.78 Å². The molecule has 3 nitrogen and oxygen atoms in total. The number of hydrogen-bond donors (Lipinski definition) is 0. The van der Waals surface area contributed by atoms with Gasteiger partial charge in [-0.15, -0.1) is 0 Å². The molecule has 2 aromatic rings. The van der Waals surface area contributed by atoms with Gasteiger partial charge in [0.2, 0.25) is 0 Å². The van der Waals surface area contributed by atoms with Crippen LogP contribution in [0.2, 0.25) is 0 Å². The predicted molar refractivity (Wildman–Crippen MR) is 71.4 cm³/mol. The number of hydrogen-bond acceptors (Lipinski definition) is 3. The number of aryl methyl sites for hydroxylation is 1. The summed E-state index contributed by atoms with van der Waals surface area (Å²) in [6.07, 6.45) is 1.61. The number of ketones is 1. The zero-order valence-electron chi connectivity index (χ0n) is 7.70. The zero-order valence-corrected chi connectivity index (χ0v) is 12.3. The van der Waals surface area contributed by atoms with Crippen molar-refractivity contribution in [1.82, 2.24) is 9.78 Å². The second-order valence-corrected chi connectivity index (χ2v) is 5.55. The molecule has 0 aliphatic heterocycles. The highest BCUT2D eigenvalue weighted by atomic mass is 127. The molecule has 2 rings (SSSR count). The number of halogens is 2. The highest BCUT2D eigenvalue weighted by Crippen LogP contribution is 2.25. The Morgan fingerprint density at radius 1 is 1.53 bits per heavy atom. The van der Waals surface area contributed by atoms with Gasteiger partial charge in [-0.05, 0) is 38.5 Å². The van der Waals surface area contributed by atoms with Gasteiger partial charge in [-0.1, -0.05) is 0 Å². The molecule has 0 fully saturated rings. The van der Waals surface area contributed by atoms with Crippen molar-refractivity contribution >= 4 is 55.6 Å². The summed E-state index contributed by atoms with van der Waals surface area (Å²) in [5, 5.41) is 7.80. The molecule has 2 heterocycles. The average Bonchev–Trinajstić information content (AvgIpc) is 2.75. The zero-order chi connectivity index (χ0) is 11.0. The summed E-state index contributed by atoms with van der Waals surface area (Å²) < 4.78 is 3.39. The van der Waals surface area contributed by atoms with Crippen LogP contribution in [-0.2, 0) is 7.05 Å². The lowest BCUT2D eigenvalue weighted by molar-refractivity contribution is 0.103. The van der Waals surface area contributed by atoms with Gasteiger partial charge >= 0.3 is 0 Å². The summed E-state index contributed by atoms with van der Waals surface area (Å²) in [6.45, 7) is 0. The van der Waals surface area contributed by atoms with Gasteiger partial charge in [0, 0.05) is 27.8 Å². The third kappa shape index (κ3) is 2.02. The fraction of sp³-hybridized carbons (Fsp3) is 0.111. The third-order valence-corrected chi connectivity index (χ3v) is 4.95. The van der Waals surface area contributed by atoms with E-state index in [1.54, 1.807) is 10.9 Å². The molecule has 0 radical (unpaired) electrons. The number of aromatic nitrogens is 2. The molecule has 0 aromatic carbocycles. The van der Waals surface area contributed by atoms with Crippen LogP contribution in [0.25, 0.3) is 0 Å². The molecule has 0 unspecified atom stereocenters. The first-order chi connectivity index (χ1) is 7.11. The molecule has 2 aromatic heterocycles. The van der Waals surface area contributed by atoms with Gasteiger partial charge in [0.1, 0.15) is 3.70 Å². The number of nitrogens with zero attached hydrogens (tertiary/aromatic N) is 2. The monoisotopic (exact) mass is 396 g/mol. The Kier molecular flexibility index (Phi) is 3.27. The number of carbonyl (C=O) groups excluding carboxylic acids is 1. The van der Waals surface area contributed by atoms with Gasteiger partial charge < -0.3 is 0 Å². The van der Waals surface area contributed by atoms with E-state index in [1.165, 1.54) is 11.3 Å². The Morgan fingerprint density at radius 2 is 2.27 bits per heavy atom. The van der Waals surface area contributed by atoms with E-state index >= 15 is 0 Å². The quantitative estimate of drug-likeness (QED) is 0.577. The van der Waals surface area contributed by atoms with E-state index < -0.39 is 0 Å². The molecule has 6 heteroatoms. The van der Waals surface area contributed by atoms with Crippen molar-refractivity contribution in [3.8, 4) is 0 Å². The smallest absolute Gasteiger partial charge is 0.199 e. The molecule has 0 atom stereocenters. The molecule has 0 spiro atoms. The van der Waals surface area contributed by atoms with E-state index in [9.17, 15) is 4.79 Å². The van der Waals surface area contributed by atoms with Gasteiger partial charge in [0.15, 0.2) is 5.78 Å². The SMILES string of the molecule is Cn1ncc(C(=O)c2cscc2Br)c1I. The van der Waals surface area contributed by atoms with Gasteiger partial charge in [-0.2, -0.15) is 16.4 Å². The molecule has 0 N–H and O–H groups in total. The van der Waals surface area contributed by atoms with Crippen LogP contribution in [0.4, 0.5) is 0 Å². The lowest BCUT2D eigenvalue weighted by Crippen LogP contribution is -2.02. The Labute approximate surface area is 113 Å². The molecule has 0 saturated heterocycles. The Balaban J connectivity index is 2.46. The molecule has 0 saturated carbocycles. The van der Waals surface area contributed by atoms with E-state index in [0.29, 0.717) is 11.1 Å². The minimum absolute atomic E-state index is 0.0145. The second kappa shape index (κ2) is 4.34. The maximum Gasteiger partial charge on any atom is 0.199 e. The summed E-state index contributed by atoms with van der Waals surface area (Å²) in [4.78, 5) is 12.1.